The van der Waals surface area contributed by atoms with Crippen LogP contribution < -0.4 is 43.0 Å². The number of fused-ring (bicyclic) bond motifs is 1. The van der Waals surface area contributed by atoms with E-state index in [1.54, 1.807) is 56.4 Å². The summed E-state index contributed by atoms with van der Waals surface area (Å²) in [5.74, 6) is -15.3. The van der Waals surface area contributed by atoms with E-state index in [4.69, 9.17) is 5.73 Å². The molecule has 0 aliphatic carbocycles. The molecule has 30 heteroatoms. The number of H-pyrrole nitrogens is 1. The molecule has 0 unspecified atom stereocenters. The van der Waals surface area contributed by atoms with Gasteiger partial charge in [-0.25, -0.2) is 13.2 Å². The van der Waals surface area contributed by atoms with Gasteiger partial charge < -0.3 is 77.6 Å². The summed E-state index contributed by atoms with van der Waals surface area (Å²) in [5.41, 5.74) is 7.45. The zero-order valence-corrected chi connectivity index (χ0v) is 54.3. The number of aliphatic hydroxyl groups excluding tert-OH is 1. The van der Waals surface area contributed by atoms with Crippen LogP contribution in [0.1, 0.15) is 62.8 Å². The van der Waals surface area contributed by atoms with Crippen LogP contribution in [-0.2, 0) is 83.2 Å². The van der Waals surface area contributed by atoms with E-state index < -0.39 is 162 Å². The molecule has 12 N–H and O–H groups in total. The van der Waals surface area contributed by atoms with Crippen molar-refractivity contribution >= 4 is 94.4 Å². The Hall–Kier alpha value is -9.84. The number of amides is 11. The molecule has 0 fully saturated rings. The van der Waals surface area contributed by atoms with E-state index in [0.717, 1.165) is 25.6 Å². The molecule has 0 aliphatic heterocycles. The highest BCUT2D eigenvalue weighted by atomic mass is 32.2. The predicted molar refractivity (Wildman–Crippen MR) is 344 cm³/mol. The predicted octanol–water partition coefficient (Wildman–Crippen LogP) is 0.583. The third-order valence-electron chi connectivity index (χ3n) is 15.6. The Kier molecular flexibility index (Phi) is 29.2. The van der Waals surface area contributed by atoms with Crippen molar-refractivity contribution in [1.82, 2.24) is 56.9 Å². The summed E-state index contributed by atoms with van der Waals surface area (Å²) >= 11 is 0.715. The Balaban J connectivity index is 1.39. The molecule has 0 aliphatic rings. The number of nitrogens with two attached hydrogens (primary N) is 1. The van der Waals surface area contributed by atoms with Crippen molar-refractivity contribution in [3.8, 4) is 5.75 Å². The highest BCUT2D eigenvalue weighted by molar-refractivity contribution is 8.00. The summed E-state index contributed by atoms with van der Waals surface area (Å²) in [6, 6.07) is 10.1. The van der Waals surface area contributed by atoms with Crippen LogP contribution in [0.25, 0.3) is 10.9 Å². The minimum Gasteiger partial charge on any atom is -0.508 e. The number of hydrogen-bond donors (Lipinski definition) is 11. The number of rotatable bonds is 37. The molecule has 9 atom stereocenters. The Bertz CT molecular complexity index is 3510. The van der Waals surface area contributed by atoms with Gasteiger partial charge in [0.25, 0.3) is 0 Å². The number of likely N-dealkylation sites (N-methyl/N-ethyl adjacent to an activating group) is 3. The first-order valence-corrected chi connectivity index (χ1v) is 31.4. The molecule has 0 spiro atoms. The molecule has 0 radical (unpaired) electrons. The summed E-state index contributed by atoms with van der Waals surface area (Å²) < 4.78 is 43.9. The largest absolute Gasteiger partial charge is 0.508 e. The topological polar surface area (TPSA) is 381 Å². The number of primary amides is 1. The van der Waals surface area contributed by atoms with E-state index in [9.17, 15) is 80.9 Å². The molecule has 0 bridgehead atoms. The van der Waals surface area contributed by atoms with E-state index in [1.165, 1.54) is 59.3 Å². The van der Waals surface area contributed by atoms with Gasteiger partial charge in [-0.1, -0.05) is 74.5 Å². The van der Waals surface area contributed by atoms with E-state index in [2.05, 4.69) is 42.2 Å². The van der Waals surface area contributed by atoms with Gasteiger partial charge in [-0.2, -0.15) is 0 Å². The molecule has 4 aromatic carbocycles. The average molecular weight is 1340 g/mol. The Morgan fingerprint density at radius 2 is 1.19 bits per heavy atom. The number of aromatic hydroxyl groups is 1. The maximum Gasteiger partial charge on any atom is 0.246 e. The van der Waals surface area contributed by atoms with Crippen LogP contribution in [-0.4, -0.2) is 202 Å². The average Bonchev–Trinajstić information content (AvgIpc) is 1.81. The van der Waals surface area contributed by atoms with Crippen molar-refractivity contribution in [1.29, 1.82) is 0 Å². The summed E-state index contributed by atoms with van der Waals surface area (Å²) in [7, 11) is 3.77. The Morgan fingerprint density at radius 1 is 0.611 bits per heavy atom. The van der Waals surface area contributed by atoms with E-state index in [1.807, 2.05) is 18.2 Å². The van der Waals surface area contributed by atoms with E-state index in [0.29, 0.717) is 53.3 Å². The summed E-state index contributed by atoms with van der Waals surface area (Å²) in [5, 5.41) is 37.7. The molecule has 512 valence electrons. The molecule has 11 amide bonds. The van der Waals surface area contributed by atoms with Gasteiger partial charge in [0, 0.05) is 76.3 Å². The standard InChI is InChI=1S/C65H81F3N12O14S/c1-36(2)23-50(75-62(91)51(26-40-17-19-44(84)20-18-40)76-60(89)49(72-35-83)29-42-30-70-48-16-12-11-15-45(42)48)61(90)77-53(59(88)71-31-55(69)85)33-95-34-56(86)74-52(27-41-24-46(66)57(68)47(67)25-41)64(93)80(7)54(28-39-13-9-8-10-14-39)65(94)79(6)38(4)63(92)78(5)37(3)58(87)73-43(32-82)21-22-81/h8-20,24-25,30,32,35-38,43,49-54,70,81,84H,21-23,26-29,31,33-34H2,1-7H3,(H2,69,85)(H,71,88)(H,72,83)(H,73,87)(H,74,86)(H,75,91)(H,76,89)(H,77,90)/t37-,38+,43+,49+,50+,51+,52+,53+,54+/m1/s1. The number of aromatic amines is 1. The van der Waals surface area contributed by atoms with Gasteiger partial charge in [-0.3, -0.25) is 52.7 Å². The number of phenols is 1. The number of carbonyl (C=O) groups excluding carboxylic acids is 12. The number of carbonyl (C=O) groups is 12. The lowest BCUT2D eigenvalue weighted by Gasteiger charge is -2.36. The van der Waals surface area contributed by atoms with Crippen molar-refractivity contribution in [3.63, 3.8) is 0 Å². The summed E-state index contributed by atoms with van der Waals surface area (Å²) in [6.07, 6.45) is 1.24. The van der Waals surface area contributed by atoms with Crippen LogP contribution in [0, 0.1) is 23.4 Å². The fourth-order valence-electron chi connectivity index (χ4n) is 10.1. The van der Waals surface area contributed by atoms with Gasteiger partial charge in [0.2, 0.25) is 65.5 Å². The van der Waals surface area contributed by atoms with Crippen molar-refractivity contribution in [2.75, 3.05) is 45.8 Å². The quantitative estimate of drug-likeness (QED) is 0.0191. The fraction of sp³-hybridized carbons (Fsp3) is 0.415. The third-order valence-corrected chi connectivity index (χ3v) is 16.7. The number of aldehydes is 1. The van der Waals surface area contributed by atoms with Crippen molar-refractivity contribution in [2.45, 2.75) is 121 Å². The number of hydrogen-bond acceptors (Lipinski definition) is 15. The number of aliphatic hydroxyl groups is 1. The van der Waals surface area contributed by atoms with Crippen molar-refractivity contribution in [3.05, 3.63) is 137 Å². The van der Waals surface area contributed by atoms with Crippen LogP contribution in [0.2, 0.25) is 0 Å². The normalized spacial score (nSPS) is 14.0. The summed E-state index contributed by atoms with van der Waals surface area (Å²) in [4.78, 5) is 169. The van der Waals surface area contributed by atoms with Crippen LogP contribution in [0.3, 0.4) is 0 Å². The van der Waals surface area contributed by atoms with Crippen molar-refractivity contribution < 1.29 is 80.9 Å². The molecule has 0 saturated heterocycles. The second-order valence-corrected chi connectivity index (χ2v) is 24.2. The lowest BCUT2D eigenvalue weighted by atomic mass is 10.00. The number of halogens is 3. The molecular weight excluding hydrogens is 1260 g/mol. The molecule has 1 heterocycles. The first-order valence-electron chi connectivity index (χ1n) is 30.3. The smallest absolute Gasteiger partial charge is 0.246 e. The van der Waals surface area contributed by atoms with E-state index in [-0.39, 0.29) is 49.3 Å². The summed E-state index contributed by atoms with van der Waals surface area (Å²) in [6.45, 7) is 5.09. The zero-order valence-electron chi connectivity index (χ0n) is 53.5. The second-order valence-electron chi connectivity index (χ2n) is 23.1. The molecule has 0 saturated carbocycles. The van der Waals surface area contributed by atoms with Crippen LogP contribution >= 0.6 is 11.8 Å². The first-order chi connectivity index (χ1) is 45.1. The lowest BCUT2D eigenvalue weighted by molar-refractivity contribution is -0.151. The number of phenolic OH excluding ortho intramolecular Hbond substituents is 1. The lowest BCUT2D eigenvalue weighted by Crippen LogP contribution is -2.59. The molecule has 26 nitrogen and oxygen atoms in total. The van der Waals surface area contributed by atoms with Gasteiger partial charge in [-0.15, -0.1) is 11.8 Å². The monoisotopic (exact) mass is 1340 g/mol. The Morgan fingerprint density at radius 3 is 1.81 bits per heavy atom. The van der Waals surface area contributed by atoms with Crippen molar-refractivity contribution in [2.24, 2.45) is 11.7 Å². The number of nitrogens with zero attached hydrogens (tertiary/aromatic N) is 3. The molecule has 5 aromatic rings. The van der Waals surface area contributed by atoms with Crippen LogP contribution in [0.4, 0.5) is 13.2 Å². The van der Waals surface area contributed by atoms with Gasteiger partial charge in [0.05, 0.1) is 18.3 Å². The van der Waals surface area contributed by atoms with Crippen LogP contribution in [0.15, 0.2) is 97.2 Å². The second kappa shape index (κ2) is 36.6. The number of thioether (sulfide) groups is 1. The number of para-hydroxylation sites is 1. The Labute approximate surface area is 550 Å². The third kappa shape index (κ3) is 22.4. The van der Waals surface area contributed by atoms with Gasteiger partial charge in [0.15, 0.2) is 17.5 Å². The maximum atomic E-state index is 14.9. The number of aromatic nitrogens is 1. The first kappa shape index (κ1) is 75.9. The zero-order chi connectivity index (χ0) is 70.2. The highest BCUT2D eigenvalue weighted by Crippen LogP contribution is 2.22. The molecule has 1 aromatic heterocycles. The van der Waals surface area contributed by atoms with Gasteiger partial charge in [0.1, 0.15) is 60.4 Å². The molecule has 5 rings (SSSR count). The highest BCUT2D eigenvalue weighted by Gasteiger charge is 2.39. The van der Waals surface area contributed by atoms with Gasteiger partial charge >= 0.3 is 0 Å². The minimum absolute atomic E-state index is 0.000802. The van der Waals surface area contributed by atoms with Gasteiger partial charge in [-0.05, 0) is 85.2 Å². The molecule has 95 heavy (non-hydrogen) atoms. The number of nitrogens with one attached hydrogen (secondary N) is 8. The van der Waals surface area contributed by atoms with E-state index >= 15 is 0 Å². The van der Waals surface area contributed by atoms with Crippen LogP contribution in [0.5, 0.6) is 5.75 Å². The maximum absolute atomic E-state index is 14.9. The molecular formula is C65H81F3N12O14S. The number of benzene rings is 4. The fourth-order valence-corrected chi connectivity index (χ4v) is 10.9. The minimum atomic E-state index is -1.82. The SMILES string of the molecule is CC(C)C[C@H](NC(=O)[C@H](Cc1ccc(O)cc1)NC(=O)[C@H](Cc1c[nH]c2ccccc12)NC=O)C(=O)N[C@@H](CSCC(=O)N[C@@H](Cc1cc(F)c(F)c(F)c1)C(=O)N(C)[C@@H](Cc1ccccc1)C(=O)N(C)[C@@H](C)C(=O)N(C)[C@H](C)C(=O)N[C@H](C=O)CCO)C(=O)NCC(N)=O.